The molecule has 0 saturated carbocycles. The van der Waals surface area contributed by atoms with E-state index in [-0.39, 0.29) is 25.4 Å². The molecule has 1 saturated heterocycles. The van der Waals surface area contributed by atoms with Crippen LogP contribution in [-0.4, -0.2) is 59.3 Å². The van der Waals surface area contributed by atoms with E-state index in [9.17, 15) is 22.8 Å². The van der Waals surface area contributed by atoms with Crippen molar-refractivity contribution in [3.05, 3.63) is 101 Å². The summed E-state index contributed by atoms with van der Waals surface area (Å²) >= 11 is 0. The number of aromatic nitrogens is 2. The van der Waals surface area contributed by atoms with E-state index >= 15 is 0 Å². The number of anilines is 1. The quantitative estimate of drug-likeness (QED) is 0.302. The number of carbonyl (C=O) groups is 2. The van der Waals surface area contributed by atoms with Gasteiger partial charge in [0.25, 0.3) is 5.91 Å². The lowest BCUT2D eigenvalue weighted by Crippen LogP contribution is -2.49. The molecule has 0 N–H and O–H groups in total. The van der Waals surface area contributed by atoms with Gasteiger partial charge in [-0.3, -0.25) is 4.79 Å². The summed E-state index contributed by atoms with van der Waals surface area (Å²) in [6, 6.07) is 18.2. The first kappa shape index (κ1) is 27.0. The Morgan fingerprint density at radius 2 is 1.55 bits per heavy atom. The molecule has 0 unspecified atom stereocenters. The topological polar surface area (TPSA) is 67.7 Å². The SMILES string of the molecule is CCOC(=O)c1cc(-c2ccc(N3CCN(C(=O)c4c(F)cc(F)cc4F)CC3)cc2)n(-c2ccccc2C)n1. The number of para-hydroxylation sites is 1. The van der Waals surface area contributed by atoms with Crippen LogP contribution in [0.3, 0.4) is 0 Å². The number of hydrogen-bond donors (Lipinski definition) is 0. The molecule has 2 heterocycles. The number of benzene rings is 3. The predicted molar refractivity (Wildman–Crippen MR) is 144 cm³/mol. The van der Waals surface area contributed by atoms with E-state index in [1.54, 1.807) is 17.7 Å². The molecule has 0 atom stereocenters. The molecule has 0 bridgehead atoms. The summed E-state index contributed by atoms with van der Waals surface area (Å²) in [7, 11) is 0. The Labute approximate surface area is 229 Å². The molecule has 1 aliphatic rings. The summed E-state index contributed by atoms with van der Waals surface area (Å²) in [5, 5.41) is 4.54. The van der Waals surface area contributed by atoms with Crippen molar-refractivity contribution < 1.29 is 27.5 Å². The third-order valence-corrected chi connectivity index (χ3v) is 6.85. The van der Waals surface area contributed by atoms with E-state index in [1.807, 2.05) is 55.5 Å². The molecule has 10 heteroatoms. The zero-order valence-electron chi connectivity index (χ0n) is 22.0. The molecule has 1 aliphatic heterocycles. The highest BCUT2D eigenvalue weighted by atomic mass is 19.1. The minimum Gasteiger partial charge on any atom is -0.461 e. The molecule has 206 valence electrons. The number of carbonyl (C=O) groups excluding carboxylic acids is 2. The maximum Gasteiger partial charge on any atom is 0.358 e. The fourth-order valence-electron chi connectivity index (χ4n) is 4.79. The standard InChI is InChI=1S/C30H27F3N4O3/c1-3-40-30(39)25-18-27(37(34-25)26-7-5-4-6-19(26)2)20-8-10-22(11-9-20)35-12-14-36(15-13-35)29(38)28-23(32)16-21(31)17-24(28)33/h4-11,16-18H,3,12-15H2,1-2H3. The highest BCUT2D eigenvalue weighted by Crippen LogP contribution is 2.29. The lowest BCUT2D eigenvalue weighted by atomic mass is 10.1. The molecular formula is C30H27F3N4O3. The molecule has 0 radical (unpaired) electrons. The number of rotatable bonds is 6. The van der Waals surface area contributed by atoms with E-state index in [0.717, 1.165) is 28.2 Å². The minimum absolute atomic E-state index is 0.207. The summed E-state index contributed by atoms with van der Waals surface area (Å²) in [6.07, 6.45) is 0. The van der Waals surface area contributed by atoms with Gasteiger partial charge in [-0.25, -0.2) is 22.6 Å². The van der Waals surface area contributed by atoms with Crippen molar-refractivity contribution in [1.82, 2.24) is 14.7 Å². The van der Waals surface area contributed by atoms with Crippen LogP contribution in [-0.2, 0) is 4.74 Å². The maximum atomic E-state index is 14.1. The zero-order valence-corrected chi connectivity index (χ0v) is 22.0. The predicted octanol–water partition coefficient (Wildman–Crippen LogP) is 5.40. The van der Waals surface area contributed by atoms with Crippen LogP contribution in [0.5, 0.6) is 0 Å². The summed E-state index contributed by atoms with van der Waals surface area (Å²) < 4.78 is 48.4. The number of amides is 1. The summed E-state index contributed by atoms with van der Waals surface area (Å²) in [5.41, 5.74) is 3.76. The number of aryl methyl sites for hydroxylation is 1. The van der Waals surface area contributed by atoms with Gasteiger partial charge in [0.05, 0.1) is 18.0 Å². The molecular weight excluding hydrogens is 521 g/mol. The molecule has 40 heavy (non-hydrogen) atoms. The first-order chi connectivity index (χ1) is 19.3. The van der Waals surface area contributed by atoms with E-state index in [4.69, 9.17) is 4.74 Å². The average Bonchev–Trinajstić information content (AvgIpc) is 3.38. The largest absolute Gasteiger partial charge is 0.461 e. The Morgan fingerprint density at radius 3 is 2.17 bits per heavy atom. The molecule has 4 aromatic rings. The van der Waals surface area contributed by atoms with Crippen molar-refractivity contribution in [1.29, 1.82) is 0 Å². The second-order valence-corrected chi connectivity index (χ2v) is 9.40. The summed E-state index contributed by atoms with van der Waals surface area (Å²) in [4.78, 5) is 28.6. The molecule has 1 aromatic heterocycles. The van der Waals surface area contributed by atoms with Gasteiger partial charge in [0, 0.05) is 49.6 Å². The third-order valence-electron chi connectivity index (χ3n) is 6.85. The molecule has 0 aliphatic carbocycles. The van der Waals surface area contributed by atoms with Gasteiger partial charge in [0.15, 0.2) is 5.69 Å². The van der Waals surface area contributed by atoms with E-state index in [1.165, 1.54) is 4.90 Å². The number of halogens is 3. The highest BCUT2D eigenvalue weighted by molar-refractivity contribution is 5.95. The van der Waals surface area contributed by atoms with Crippen LogP contribution < -0.4 is 4.90 Å². The van der Waals surface area contributed by atoms with Crippen LogP contribution in [0.25, 0.3) is 16.9 Å². The van der Waals surface area contributed by atoms with Crippen LogP contribution in [0, 0.1) is 24.4 Å². The monoisotopic (exact) mass is 548 g/mol. The normalized spacial score (nSPS) is 13.4. The fourth-order valence-corrected chi connectivity index (χ4v) is 4.79. The summed E-state index contributed by atoms with van der Waals surface area (Å²) in [5.74, 6) is -4.79. The second-order valence-electron chi connectivity index (χ2n) is 9.40. The lowest BCUT2D eigenvalue weighted by Gasteiger charge is -2.36. The second kappa shape index (κ2) is 11.3. The van der Waals surface area contributed by atoms with Gasteiger partial charge in [0.1, 0.15) is 23.0 Å². The first-order valence-corrected chi connectivity index (χ1v) is 12.9. The van der Waals surface area contributed by atoms with Crippen molar-refractivity contribution in [3.63, 3.8) is 0 Å². The van der Waals surface area contributed by atoms with Crippen LogP contribution >= 0.6 is 0 Å². The van der Waals surface area contributed by atoms with Gasteiger partial charge in [0.2, 0.25) is 0 Å². The van der Waals surface area contributed by atoms with Crippen LogP contribution in [0.15, 0.2) is 66.7 Å². The zero-order chi connectivity index (χ0) is 28.4. The Balaban J connectivity index is 1.34. The van der Waals surface area contributed by atoms with Gasteiger partial charge < -0.3 is 14.5 Å². The van der Waals surface area contributed by atoms with Crippen molar-refractivity contribution in [2.24, 2.45) is 0 Å². The van der Waals surface area contributed by atoms with Gasteiger partial charge in [-0.1, -0.05) is 30.3 Å². The maximum absolute atomic E-state index is 14.1. The van der Waals surface area contributed by atoms with Crippen LogP contribution in [0.2, 0.25) is 0 Å². The Bertz CT molecular complexity index is 1540. The number of piperazine rings is 1. The number of esters is 1. The van der Waals surface area contributed by atoms with Crippen molar-refractivity contribution in [2.45, 2.75) is 13.8 Å². The molecule has 7 nitrogen and oxygen atoms in total. The van der Waals surface area contributed by atoms with Crippen molar-refractivity contribution >= 4 is 17.6 Å². The number of ether oxygens (including phenoxy) is 1. The van der Waals surface area contributed by atoms with Gasteiger partial charge >= 0.3 is 5.97 Å². The Kier molecular flexibility index (Phi) is 7.59. The Morgan fingerprint density at radius 1 is 0.900 bits per heavy atom. The highest BCUT2D eigenvalue weighted by Gasteiger charge is 2.27. The van der Waals surface area contributed by atoms with Crippen molar-refractivity contribution in [2.75, 3.05) is 37.7 Å². The van der Waals surface area contributed by atoms with E-state index < -0.39 is 34.9 Å². The van der Waals surface area contributed by atoms with E-state index in [2.05, 4.69) is 10.00 Å². The lowest BCUT2D eigenvalue weighted by molar-refractivity contribution is 0.0518. The van der Waals surface area contributed by atoms with Gasteiger partial charge in [-0.05, 0) is 43.7 Å². The molecule has 3 aromatic carbocycles. The van der Waals surface area contributed by atoms with Crippen LogP contribution in [0.1, 0.15) is 33.3 Å². The third kappa shape index (κ3) is 5.29. The molecule has 1 amide bonds. The van der Waals surface area contributed by atoms with Gasteiger partial charge in [-0.15, -0.1) is 0 Å². The number of hydrogen-bond acceptors (Lipinski definition) is 5. The number of nitrogens with zero attached hydrogens (tertiary/aromatic N) is 4. The minimum atomic E-state index is -1.21. The molecule has 0 spiro atoms. The molecule has 5 rings (SSSR count). The van der Waals surface area contributed by atoms with E-state index in [0.29, 0.717) is 25.2 Å². The van der Waals surface area contributed by atoms with Gasteiger partial charge in [-0.2, -0.15) is 5.10 Å². The van der Waals surface area contributed by atoms with Crippen LogP contribution in [0.4, 0.5) is 18.9 Å². The fraction of sp³-hybridized carbons (Fsp3) is 0.233. The first-order valence-electron chi connectivity index (χ1n) is 12.9. The van der Waals surface area contributed by atoms with Crippen molar-refractivity contribution in [3.8, 4) is 16.9 Å². The summed E-state index contributed by atoms with van der Waals surface area (Å²) in [6.45, 7) is 5.35. The molecule has 1 fully saturated rings. The Hall–Kier alpha value is -4.60. The smallest absolute Gasteiger partial charge is 0.358 e. The average molecular weight is 549 g/mol.